The Kier molecular flexibility index (Phi) is 6.40. The van der Waals surface area contributed by atoms with Gasteiger partial charge in [-0.3, -0.25) is 4.79 Å². The Balaban J connectivity index is 3.76. The number of carbonyl (C=O) groups is 1. The average Bonchev–Trinajstić information content (AvgIpc) is 2.03. The van der Waals surface area contributed by atoms with Crippen molar-refractivity contribution in [3.05, 3.63) is 0 Å². The zero-order valence-electron chi connectivity index (χ0n) is 7.35. The first kappa shape index (κ1) is 10.8. The molecule has 0 fully saturated rings. The molecule has 3 nitrogen and oxygen atoms in total. The maximum atomic E-state index is 11.1. The van der Waals surface area contributed by atoms with Crippen molar-refractivity contribution in [2.75, 3.05) is 13.2 Å². The maximum absolute atomic E-state index is 11.1. The molecule has 0 N–H and O–H groups in total. The van der Waals surface area contributed by atoms with Crippen LogP contribution in [0.15, 0.2) is 0 Å². The van der Waals surface area contributed by atoms with E-state index in [2.05, 4.69) is 0 Å². The molecule has 0 aliphatic heterocycles. The third-order valence-corrected chi connectivity index (χ3v) is 3.01. The minimum absolute atomic E-state index is 0.110. The summed E-state index contributed by atoms with van der Waals surface area (Å²) in [5.74, 6) is 0. The summed E-state index contributed by atoms with van der Waals surface area (Å²) in [5.41, 5.74) is 0. The third kappa shape index (κ3) is 4.29. The van der Waals surface area contributed by atoms with Crippen LogP contribution in [0, 0.1) is 0 Å². The Bertz CT molecular complexity index is 110. The van der Waals surface area contributed by atoms with Gasteiger partial charge in [0.1, 0.15) is 0 Å². The van der Waals surface area contributed by atoms with Gasteiger partial charge >= 0.3 is 9.28 Å². The first-order valence-electron chi connectivity index (χ1n) is 3.91. The summed E-state index contributed by atoms with van der Waals surface area (Å²) >= 11 is 0. The fourth-order valence-electron chi connectivity index (χ4n) is 0.609. The van der Waals surface area contributed by atoms with Gasteiger partial charge in [-0.25, -0.2) is 0 Å². The summed E-state index contributed by atoms with van der Waals surface area (Å²) in [6, 6.07) is 0. The van der Waals surface area contributed by atoms with Crippen molar-refractivity contribution in [2.24, 2.45) is 0 Å². The highest BCUT2D eigenvalue weighted by molar-refractivity contribution is 6.80. The molecule has 0 bridgehead atoms. The Morgan fingerprint density at radius 2 is 1.64 bits per heavy atom. The summed E-state index contributed by atoms with van der Waals surface area (Å²) in [6.45, 7) is 6.67. The van der Waals surface area contributed by atoms with Crippen LogP contribution in [-0.4, -0.2) is 27.9 Å². The number of hydrogen-bond donors (Lipinski definition) is 0. The van der Waals surface area contributed by atoms with Crippen LogP contribution in [0.5, 0.6) is 0 Å². The lowest BCUT2D eigenvalue weighted by atomic mass is 10.6. The standard InChI is InChI=1S/C7H15O3Si/c1-4-7(8)11(9-5-2)10-6-3/h4-6H2,1-3H3. The minimum Gasteiger partial charge on any atom is -0.389 e. The molecule has 0 rings (SSSR count). The van der Waals surface area contributed by atoms with Gasteiger partial charge in [-0.05, 0) is 13.8 Å². The summed E-state index contributed by atoms with van der Waals surface area (Å²) < 4.78 is 10.3. The fourth-order valence-corrected chi connectivity index (χ4v) is 1.83. The molecule has 0 aromatic heterocycles. The molecular formula is C7H15O3Si. The number of rotatable bonds is 6. The van der Waals surface area contributed by atoms with E-state index >= 15 is 0 Å². The van der Waals surface area contributed by atoms with E-state index in [0.29, 0.717) is 19.6 Å². The predicted molar refractivity (Wildman–Crippen MR) is 44.3 cm³/mol. The van der Waals surface area contributed by atoms with E-state index in [1.54, 1.807) is 0 Å². The second kappa shape index (κ2) is 6.51. The van der Waals surface area contributed by atoms with Gasteiger partial charge in [0.15, 0.2) is 5.41 Å². The molecule has 0 heterocycles. The van der Waals surface area contributed by atoms with E-state index in [1.807, 2.05) is 20.8 Å². The van der Waals surface area contributed by atoms with Gasteiger partial charge in [0, 0.05) is 19.6 Å². The molecule has 11 heavy (non-hydrogen) atoms. The Labute approximate surface area is 69.5 Å². The molecule has 0 aromatic rings. The summed E-state index contributed by atoms with van der Waals surface area (Å²) in [6.07, 6.45) is 0.508. The quantitative estimate of drug-likeness (QED) is 0.566. The highest BCUT2D eigenvalue weighted by Crippen LogP contribution is 1.94. The summed E-state index contributed by atoms with van der Waals surface area (Å²) in [5, 5.41) is 0.110. The zero-order chi connectivity index (χ0) is 8.69. The molecule has 0 aromatic carbocycles. The molecule has 0 aliphatic rings. The molecule has 0 spiro atoms. The van der Waals surface area contributed by atoms with Crippen molar-refractivity contribution in [3.63, 3.8) is 0 Å². The van der Waals surface area contributed by atoms with Crippen molar-refractivity contribution < 1.29 is 13.6 Å². The molecule has 0 saturated carbocycles. The van der Waals surface area contributed by atoms with Crippen LogP contribution in [-0.2, 0) is 13.6 Å². The van der Waals surface area contributed by atoms with Gasteiger partial charge in [0.25, 0.3) is 0 Å². The molecule has 0 saturated heterocycles. The second-order valence-electron chi connectivity index (χ2n) is 1.93. The van der Waals surface area contributed by atoms with Crippen LogP contribution in [0.4, 0.5) is 0 Å². The van der Waals surface area contributed by atoms with Crippen molar-refractivity contribution >= 4 is 14.7 Å². The van der Waals surface area contributed by atoms with Gasteiger partial charge in [0.2, 0.25) is 0 Å². The lowest BCUT2D eigenvalue weighted by Crippen LogP contribution is -2.32. The van der Waals surface area contributed by atoms with E-state index in [-0.39, 0.29) is 5.41 Å². The van der Waals surface area contributed by atoms with Gasteiger partial charge in [-0.15, -0.1) is 0 Å². The third-order valence-electron chi connectivity index (χ3n) is 1.10. The predicted octanol–water partition coefficient (Wildman–Crippen LogP) is 1.07. The van der Waals surface area contributed by atoms with Gasteiger partial charge < -0.3 is 8.85 Å². The maximum Gasteiger partial charge on any atom is 0.462 e. The van der Waals surface area contributed by atoms with E-state index in [9.17, 15) is 4.79 Å². The van der Waals surface area contributed by atoms with E-state index < -0.39 is 9.28 Å². The first-order chi connectivity index (χ1) is 5.26. The highest BCUT2D eigenvalue weighted by Gasteiger charge is 2.23. The van der Waals surface area contributed by atoms with E-state index in [4.69, 9.17) is 8.85 Å². The fraction of sp³-hybridized carbons (Fsp3) is 0.857. The van der Waals surface area contributed by atoms with Crippen molar-refractivity contribution in [3.8, 4) is 0 Å². The lowest BCUT2D eigenvalue weighted by Gasteiger charge is -2.09. The smallest absolute Gasteiger partial charge is 0.389 e. The molecule has 4 heteroatoms. The van der Waals surface area contributed by atoms with Gasteiger partial charge in [-0.2, -0.15) is 0 Å². The molecular weight excluding hydrogens is 160 g/mol. The van der Waals surface area contributed by atoms with Gasteiger partial charge in [-0.1, -0.05) is 6.92 Å². The molecule has 0 atom stereocenters. The Hall–Kier alpha value is -0.193. The van der Waals surface area contributed by atoms with E-state index in [1.165, 1.54) is 0 Å². The SMILES string of the molecule is CCO[Si](OCC)C(=O)CC. The molecule has 65 valence electrons. The lowest BCUT2D eigenvalue weighted by molar-refractivity contribution is -0.114. The van der Waals surface area contributed by atoms with Crippen LogP contribution in [0.25, 0.3) is 0 Å². The van der Waals surface area contributed by atoms with Crippen LogP contribution in [0.3, 0.4) is 0 Å². The normalized spacial score (nSPS) is 10.5. The Morgan fingerprint density at radius 1 is 1.18 bits per heavy atom. The number of carbonyl (C=O) groups excluding carboxylic acids is 1. The second-order valence-corrected chi connectivity index (χ2v) is 3.64. The van der Waals surface area contributed by atoms with Crippen LogP contribution >= 0.6 is 0 Å². The van der Waals surface area contributed by atoms with Crippen molar-refractivity contribution in [1.82, 2.24) is 0 Å². The molecule has 0 amide bonds. The Morgan fingerprint density at radius 3 is 1.91 bits per heavy atom. The topological polar surface area (TPSA) is 35.5 Å². The van der Waals surface area contributed by atoms with Crippen molar-refractivity contribution in [2.45, 2.75) is 27.2 Å². The van der Waals surface area contributed by atoms with E-state index in [0.717, 1.165) is 0 Å². The van der Waals surface area contributed by atoms with Crippen molar-refractivity contribution in [1.29, 1.82) is 0 Å². The average molecular weight is 175 g/mol. The first-order valence-corrected chi connectivity index (χ1v) is 5.23. The largest absolute Gasteiger partial charge is 0.462 e. The molecule has 1 radical (unpaired) electrons. The number of hydrogen-bond acceptors (Lipinski definition) is 3. The zero-order valence-corrected chi connectivity index (χ0v) is 8.35. The van der Waals surface area contributed by atoms with Gasteiger partial charge in [0.05, 0.1) is 0 Å². The summed E-state index contributed by atoms with van der Waals surface area (Å²) in [7, 11) is -1.61. The monoisotopic (exact) mass is 175 g/mol. The van der Waals surface area contributed by atoms with Crippen LogP contribution in [0.1, 0.15) is 27.2 Å². The minimum atomic E-state index is -1.61. The van der Waals surface area contributed by atoms with Crippen LogP contribution in [0.2, 0.25) is 0 Å². The summed E-state index contributed by atoms with van der Waals surface area (Å²) in [4.78, 5) is 11.1. The molecule has 0 aliphatic carbocycles. The van der Waals surface area contributed by atoms with Crippen LogP contribution < -0.4 is 0 Å². The highest BCUT2D eigenvalue weighted by atomic mass is 28.3. The molecule has 0 unspecified atom stereocenters.